The van der Waals surface area contributed by atoms with Gasteiger partial charge in [-0.25, -0.2) is 0 Å². The Balaban J connectivity index is 2.34. The molecule has 0 radical (unpaired) electrons. The molecular formula is C15H19N3O3. The van der Waals surface area contributed by atoms with Gasteiger partial charge in [0.05, 0.1) is 38.0 Å². The van der Waals surface area contributed by atoms with Gasteiger partial charge in [-0.05, 0) is 18.9 Å². The van der Waals surface area contributed by atoms with E-state index in [1.54, 1.807) is 17.0 Å². The monoisotopic (exact) mass is 289 g/mol. The molecule has 0 bridgehead atoms. The summed E-state index contributed by atoms with van der Waals surface area (Å²) in [6.45, 7) is 0.416. The van der Waals surface area contributed by atoms with Crippen LogP contribution in [0.4, 0.5) is 5.69 Å². The van der Waals surface area contributed by atoms with E-state index in [-0.39, 0.29) is 11.9 Å². The number of benzene rings is 1. The molecule has 21 heavy (non-hydrogen) atoms. The molecule has 112 valence electrons. The fraction of sp³-hybridized carbons (Fsp3) is 0.467. The highest BCUT2D eigenvalue weighted by molar-refractivity contribution is 6.01. The average Bonchev–Trinajstić information content (AvgIpc) is 3.32. The number of nitrogens with zero attached hydrogens (tertiary/aromatic N) is 2. The topological polar surface area (TPSA) is 88.6 Å². The zero-order valence-corrected chi connectivity index (χ0v) is 12.3. The predicted molar refractivity (Wildman–Crippen MR) is 78.2 cm³/mol. The van der Waals surface area contributed by atoms with Gasteiger partial charge in [-0.2, -0.15) is 5.26 Å². The van der Waals surface area contributed by atoms with Crippen molar-refractivity contribution >= 4 is 11.6 Å². The van der Waals surface area contributed by atoms with Crippen molar-refractivity contribution < 1.29 is 14.3 Å². The maximum Gasteiger partial charge on any atom is 0.256 e. The van der Waals surface area contributed by atoms with Crippen molar-refractivity contribution in [3.8, 4) is 17.6 Å². The number of nitrogens with two attached hydrogens (primary N) is 1. The molecule has 0 aliphatic heterocycles. The maximum absolute atomic E-state index is 12.7. The van der Waals surface area contributed by atoms with Gasteiger partial charge in [0.15, 0.2) is 0 Å². The summed E-state index contributed by atoms with van der Waals surface area (Å²) >= 11 is 0. The van der Waals surface area contributed by atoms with Crippen molar-refractivity contribution in [1.29, 1.82) is 5.26 Å². The van der Waals surface area contributed by atoms with E-state index in [1.807, 2.05) is 0 Å². The molecule has 0 unspecified atom stereocenters. The number of nitriles is 1. The number of carbonyl (C=O) groups excluding carboxylic acids is 1. The van der Waals surface area contributed by atoms with Gasteiger partial charge in [-0.1, -0.05) is 0 Å². The Bertz CT molecular complexity index is 576. The molecular weight excluding hydrogens is 270 g/mol. The molecule has 0 spiro atoms. The van der Waals surface area contributed by atoms with Crippen molar-refractivity contribution in [1.82, 2.24) is 4.90 Å². The van der Waals surface area contributed by atoms with Crippen LogP contribution in [0.1, 0.15) is 29.6 Å². The van der Waals surface area contributed by atoms with Crippen LogP contribution in [0.2, 0.25) is 0 Å². The van der Waals surface area contributed by atoms with E-state index in [2.05, 4.69) is 6.07 Å². The Labute approximate surface area is 124 Å². The lowest BCUT2D eigenvalue weighted by Gasteiger charge is -2.23. The third kappa shape index (κ3) is 3.19. The molecule has 1 aromatic rings. The van der Waals surface area contributed by atoms with E-state index in [4.69, 9.17) is 20.5 Å². The summed E-state index contributed by atoms with van der Waals surface area (Å²) in [5.74, 6) is 0.747. The molecule has 1 aromatic carbocycles. The molecule has 2 rings (SSSR count). The zero-order chi connectivity index (χ0) is 15.4. The molecule has 1 amide bonds. The van der Waals surface area contributed by atoms with Crippen LogP contribution >= 0.6 is 0 Å². The Morgan fingerprint density at radius 1 is 1.43 bits per heavy atom. The molecule has 0 heterocycles. The smallest absolute Gasteiger partial charge is 0.256 e. The Morgan fingerprint density at radius 2 is 2.14 bits per heavy atom. The summed E-state index contributed by atoms with van der Waals surface area (Å²) in [4.78, 5) is 14.4. The first-order valence-corrected chi connectivity index (χ1v) is 6.81. The molecule has 1 aliphatic rings. The molecule has 0 saturated heterocycles. The van der Waals surface area contributed by atoms with Crippen molar-refractivity contribution in [3.63, 3.8) is 0 Å². The Kier molecular flexibility index (Phi) is 4.53. The summed E-state index contributed by atoms with van der Waals surface area (Å²) < 4.78 is 10.4. The third-order valence-electron chi connectivity index (χ3n) is 3.51. The quantitative estimate of drug-likeness (QED) is 0.807. The van der Waals surface area contributed by atoms with E-state index in [1.165, 1.54) is 14.2 Å². The maximum atomic E-state index is 12.7. The minimum Gasteiger partial charge on any atom is -0.497 e. The molecule has 1 saturated carbocycles. The molecule has 0 atom stereocenters. The predicted octanol–water partition coefficient (Wildman–Crippen LogP) is 1.80. The lowest BCUT2D eigenvalue weighted by Crippen LogP contribution is -2.34. The van der Waals surface area contributed by atoms with E-state index >= 15 is 0 Å². The second kappa shape index (κ2) is 6.35. The highest BCUT2D eigenvalue weighted by Crippen LogP contribution is 2.34. The summed E-state index contributed by atoms with van der Waals surface area (Å²) in [7, 11) is 3.02. The number of rotatable bonds is 6. The molecule has 6 nitrogen and oxygen atoms in total. The van der Waals surface area contributed by atoms with Crippen LogP contribution in [0.25, 0.3) is 0 Å². The number of hydrogen-bond donors (Lipinski definition) is 1. The number of amides is 1. The van der Waals surface area contributed by atoms with Gasteiger partial charge in [0.25, 0.3) is 5.91 Å². The lowest BCUT2D eigenvalue weighted by atomic mass is 10.1. The van der Waals surface area contributed by atoms with Crippen LogP contribution in [-0.2, 0) is 0 Å². The highest BCUT2D eigenvalue weighted by Gasteiger charge is 2.34. The summed E-state index contributed by atoms with van der Waals surface area (Å²) in [5, 5.41) is 8.74. The van der Waals surface area contributed by atoms with E-state index in [0.717, 1.165) is 12.8 Å². The minimum atomic E-state index is -0.178. The van der Waals surface area contributed by atoms with Gasteiger partial charge in [-0.15, -0.1) is 0 Å². The van der Waals surface area contributed by atoms with Gasteiger partial charge in [0.1, 0.15) is 11.5 Å². The first-order chi connectivity index (χ1) is 10.1. The van der Waals surface area contributed by atoms with Crippen LogP contribution in [0, 0.1) is 11.3 Å². The average molecular weight is 289 g/mol. The first kappa shape index (κ1) is 15.0. The van der Waals surface area contributed by atoms with E-state index in [0.29, 0.717) is 35.7 Å². The molecule has 0 aromatic heterocycles. The third-order valence-corrected chi connectivity index (χ3v) is 3.51. The summed E-state index contributed by atoms with van der Waals surface area (Å²) in [6.07, 6.45) is 2.25. The second-order valence-electron chi connectivity index (χ2n) is 4.93. The van der Waals surface area contributed by atoms with Crippen LogP contribution in [0.5, 0.6) is 11.5 Å². The fourth-order valence-corrected chi connectivity index (χ4v) is 2.23. The largest absolute Gasteiger partial charge is 0.497 e. The zero-order valence-electron chi connectivity index (χ0n) is 12.3. The van der Waals surface area contributed by atoms with Crippen molar-refractivity contribution in [2.75, 3.05) is 26.5 Å². The normalized spacial score (nSPS) is 13.4. The number of anilines is 1. The van der Waals surface area contributed by atoms with Gasteiger partial charge in [-0.3, -0.25) is 4.79 Å². The number of carbonyl (C=O) groups is 1. The van der Waals surface area contributed by atoms with Gasteiger partial charge < -0.3 is 20.1 Å². The minimum absolute atomic E-state index is 0.178. The lowest BCUT2D eigenvalue weighted by molar-refractivity contribution is 0.0747. The van der Waals surface area contributed by atoms with Crippen molar-refractivity contribution in [2.45, 2.75) is 25.3 Å². The number of ether oxygens (including phenoxy) is 2. The van der Waals surface area contributed by atoms with Gasteiger partial charge >= 0.3 is 0 Å². The van der Waals surface area contributed by atoms with Gasteiger partial charge in [0, 0.05) is 18.7 Å². The number of methoxy groups -OCH3 is 2. The molecule has 2 N–H and O–H groups in total. The summed E-state index contributed by atoms with van der Waals surface area (Å²) in [5.41, 5.74) is 6.67. The summed E-state index contributed by atoms with van der Waals surface area (Å²) in [6, 6.07) is 5.54. The number of hydrogen-bond acceptors (Lipinski definition) is 5. The van der Waals surface area contributed by atoms with E-state index in [9.17, 15) is 4.79 Å². The first-order valence-electron chi connectivity index (χ1n) is 6.81. The molecule has 6 heteroatoms. The van der Waals surface area contributed by atoms with Crippen molar-refractivity contribution in [2.24, 2.45) is 0 Å². The Hall–Kier alpha value is -2.42. The SMILES string of the molecule is COc1cc(OC)c(N)c(C(=O)N(CCC#N)C2CC2)c1. The van der Waals surface area contributed by atoms with Crippen LogP contribution in [0.15, 0.2) is 12.1 Å². The fourth-order valence-electron chi connectivity index (χ4n) is 2.23. The van der Waals surface area contributed by atoms with Gasteiger partial charge in [0.2, 0.25) is 0 Å². The molecule has 1 fully saturated rings. The highest BCUT2D eigenvalue weighted by atomic mass is 16.5. The Morgan fingerprint density at radius 3 is 2.67 bits per heavy atom. The standard InChI is InChI=1S/C15H19N3O3/c1-20-11-8-12(14(17)13(9-11)21-2)15(19)18(7-3-6-16)10-4-5-10/h8-10H,3-5,7,17H2,1-2H3. The number of nitrogen functional groups attached to an aromatic ring is 1. The van der Waals surface area contributed by atoms with Crippen LogP contribution < -0.4 is 15.2 Å². The van der Waals surface area contributed by atoms with E-state index < -0.39 is 0 Å². The second-order valence-corrected chi connectivity index (χ2v) is 4.93. The van der Waals surface area contributed by atoms with Crippen molar-refractivity contribution in [3.05, 3.63) is 17.7 Å². The van der Waals surface area contributed by atoms with Crippen LogP contribution in [0.3, 0.4) is 0 Å². The molecule has 1 aliphatic carbocycles. The van der Waals surface area contributed by atoms with Crippen LogP contribution in [-0.4, -0.2) is 37.6 Å².